The molecule has 2 aromatic carbocycles. The van der Waals surface area contributed by atoms with Crippen molar-refractivity contribution in [1.29, 1.82) is 5.26 Å². The summed E-state index contributed by atoms with van der Waals surface area (Å²) in [5, 5.41) is 10.6. The van der Waals surface area contributed by atoms with Gasteiger partial charge in [-0.1, -0.05) is 23.7 Å². The van der Waals surface area contributed by atoms with E-state index in [9.17, 15) is 0 Å². The molecule has 0 fully saturated rings. The molecular weight excluding hydrogens is 382 g/mol. The highest BCUT2D eigenvalue weighted by molar-refractivity contribution is 6.31. The molecule has 3 rings (SSSR count). The monoisotopic (exact) mass is 405 g/mol. The molecule has 3 aromatic rings. The first-order valence-electron chi connectivity index (χ1n) is 9.43. The molecule has 0 saturated carbocycles. The summed E-state index contributed by atoms with van der Waals surface area (Å²) >= 11 is 6.04. The third-order valence-electron chi connectivity index (χ3n) is 4.88. The Morgan fingerprint density at radius 2 is 2.10 bits per heavy atom. The van der Waals surface area contributed by atoms with Crippen LogP contribution in [0.4, 0.5) is 0 Å². The van der Waals surface area contributed by atoms with Gasteiger partial charge < -0.3 is 16.0 Å². The first-order chi connectivity index (χ1) is 14.0. The summed E-state index contributed by atoms with van der Waals surface area (Å²) in [6, 6.07) is 15.8. The standard InChI is InChI=1S/C23H24ClN5/c1-29-11-9-18-12-16(3-7-23(18)29)2-6-20(26)15-28-10-8-22(27)17-4-5-19(14-25)21(24)13-17/h3-5,7-13,20H,2,6,15,26-27H2,1H3/t20-/m1/s1. The fraction of sp³-hybridized carbons (Fsp3) is 0.217. The lowest BCUT2D eigenvalue weighted by atomic mass is 10.0. The number of fused-ring (bicyclic) bond motifs is 1. The largest absolute Gasteiger partial charge is 0.398 e. The summed E-state index contributed by atoms with van der Waals surface area (Å²) in [4.78, 5) is 4.36. The molecule has 5 nitrogen and oxygen atoms in total. The number of nitriles is 1. The van der Waals surface area contributed by atoms with Crippen LogP contribution in [0.3, 0.4) is 0 Å². The van der Waals surface area contributed by atoms with E-state index >= 15 is 0 Å². The maximum atomic E-state index is 8.92. The van der Waals surface area contributed by atoms with E-state index in [1.165, 1.54) is 16.5 Å². The molecule has 1 atom stereocenters. The van der Waals surface area contributed by atoms with E-state index in [1.807, 2.05) is 13.1 Å². The number of aryl methyl sites for hydroxylation is 2. The second-order valence-corrected chi connectivity index (χ2v) is 7.47. The fourth-order valence-corrected chi connectivity index (χ4v) is 3.36. The van der Waals surface area contributed by atoms with Gasteiger partial charge in [-0.15, -0.1) is 0 Å². The Labute approximate surface area is 175 Å². The Morgan fingerprint density at radius 3 is 2.86 bits per heavy atom. The normalized spacial score (nSPS) is 13.1. The van der Waals surface area contributed by atoms with Gasteiger partial charge in [-0.2, -0.15) is 5.26 Å². The molecule has 29 heavy (non-hydrogen) atoms. The van der Waals surface area contributed by atoms with Gasteiger partial charge in [-0.3, -0.25) is 4.99 Å². The highest BCUT2D eigenvalue weighted by atomic mass is 35.5. The number of rotatable bonds is 7. The third-order valence-corrected chi connectivity index (χ3v) is 5.19. The summed E-state index contributed by atoms with van der Waals surface area (Å²) in [7, 11) is 2.05. The van der Waals surface area contributed by atoms with Crippen molar-refractivity contribution in [1.82, 2.24) is 4.57 Å². The fourth-order valence-electron chi connectivity index (χ4n) is 3.14. The van der Waals surface area contributed by atoms with E-state index in [4.69, 9.17) is 28.3 Å². The van der Waals surface area contributed by atoms with Gasteiger partial charge in [0, 0.05) is 36.7 Å². The number of nitrogens with two attached hydrogens (primary N) is 2. The number of aromatic nitrogens is 1. The van der Waals surface area contributed by atoms with Crippen molar-refractivity contribution in [2.24, 2.45) is 23.5 Å². The molecule has 0 aliphatic rings. The maximum absolute atomic E-state index is 8.92. The van der Waals surface area contributed by atoms with Crippen molar-refractivity contribution in [3.8, 4) is 6.07 Å². The third kappa shape index (κ3) is 5.26. The van der Waals surface area contributed by atoms with Gasteiger partial charge in [0.25, 0.3) is 0 Å². The van der Waals surface area contributed by atoms with Crippen LogP contribution in [0, 0.1) is 11.3 Å². The Bertz CT molecular complexity index is 1100. The summed E-state index contributed by atoms with van der Waals surface area (Å²) in [5.74, 6) is 0. The van der Waals surface area contributed by atoms with E-state index in [0.717, 1.165) is 18.4 Å². The van der Waals surface area contributed by atoms with Crippen LogP contribution in [0.2, 0.25) is 5.02 Å². The van der Waals surface area contributed by atoms with Crippen LogP contribution >= 0.6 is 11.6 Å². The van der Waals surface area contributed by atoms with E-state index in [-0.39, 0.29) is 6.04 Å². The van der Waals surface area contributed by atoms with Gasteiger partial charge in [0.05, 0.1) is 17.1 Å². The van der Waals surface area contributed by atoms with Crippen LogP contribution in [0.5, 0.6) is 0 Å². The summed E-state index contributed by atoms with van der Waals surface area (Å²) in [6.45, 7) is 0.533. The Kier molecular flexibility index (Phi) is 6.71. The number of aliphatic imine (C=N–C) groups is 1. The molecular formula is C23H24ClN5. The molecule has 0 spiro atoms. The van der Waals surface area contributed by atoms with Crippen LogP contribution in [-0.2, 0) is 13.5 Å². The Hall–Kier alpha value is -3.07. The Morgan fingerprint density at radius 1 is 1.28 bits per heavy atom. The smallest absolute Gasteiger partial charge is 0.101 e. The predicted molar refractivity (Wildman–Crippen MR) is 121 cm³/mol. The average molecular weight is 406 g/mol. The lowest BCUT2D eigenvalue weighted by Gasteiger charge is -2.09. The SMILES string of the molecule is Cn1ccc2cc(CC[C@@H](N)CN=CC=C(N)c3ccc(C#N)c(Cl)c3)ccc21. The summed E-state index contributed by atoms with van der Waals surface area (Å²) in [6.07, 6.45) is 7.23. The number of benzene rings is 2. The number of halogens is 1. The first-order valence-corrected chi connectivity index (χ1v) is 9.81. The Balaban J connectivity index is 1.50. The van der Waals surface area contributed by atoms with Crippen LogP contribution in [-0.4, -0.2) is 23.4 Å². The van der Waals surface area contributed by atoms with E-state index < -0.39 is 0 Å². The first kappa shape index (κ1) is 20.7. The lowest BCUT2D eigenvalue weighted by Crippen LogP contribution is -2.24. The van der Waals surface area contributed by atoms with Crippen LogP contribution in [0.25, 0.3) is 16.6 Å². The summed E-state index contributed by atoms with van der Waals surface area (Å²) in [5.41, 5.74) is 16.5. The zero-order valence-electron chi connectivity index (χ0n) is 16.3. The van der Waals surface area contributed by atoms with Crippen molar-refractivity contribution >= 4 is 34.4 Å². The maximum Gasteiger partial charge on any atom is 0.101 e. The number of nitrogens with zero attached hydrogens (tertiary/aromatic N) is 3. The molecule has 4 N–H and O–H groups in total. The van der Waals surface area contributed by atoms with Gasteiger partial charge in [-0.25, -0.2) is 0 Å². The molecule has 0 unspecified atom stereocenters. The number of hydrogen-bond donors (Lipinski definition) is 2. The van der Waals surface area contributed by atoms with E-state index in [0.29, 0.717) is 22.8 Å². The van der Waals surface area contributed by atoms with Gasteiger partial charge in [0.1, 0.15) is 6.07 Å². The average Bonchev–Trinajstić information content (AvgIpc) is 3.09. The van der Waals surface area contributed by atoms with Gasteiger partial charge in [0.15, 0.2) is 0 Å². The van der Waals surface area contributed by atoms with Crippen LogP contribution in [0.1, 0.15) is 23.1 Å². The van der Waals surface area contributed by atoms with Gasteiger partial charge >= 0.3 is 0 Å². The molecule has 0 amide bonds. The minimum Gasteiger partial charge on any atom is -0.398 e. The van der Waals surface area contributed by atoms with Gasteiger partial charge in [-0.05, 0) is 65.8 Å². The molecule has 0 saturated heterocycles. The van der Waals surface area contributed by atoms with Crippen molar-refractivity contribution in [2.45, 2.75) is 18.9 Å². The molecule has 0 radical (unpaired) electrons. The quantitative estimate of drug-likeness (QED) is 0.581. The second-order valence-electron chi connectivity index (χ2n) is 7.06. The predicted octanol–water partition coefficient (Wildman–Crippen LogP) is 4.03. The number of allylic oxidation sites excluding steroid dienone is 1. The lowest BCUT2D eigenvalue weighted by molar-refractivity contribution is 0.625. The molecule has 0 bridgehead atoms. The van der Waals surface area contributed by atoms with Crippen molar-refractivity contribution in [2.75, 3.05) is 6.54 Å². The zero-order valence-corrected chi connectivity index (χ0v) is 17.1. The zero-order chi connectivity index (χ0) is 20.8. The second kappa shape index (κ2) is 9.42. The summed E-state index contributed by atoms with van der Waals surface area (Å²) < 4.78 is 2.12. The van der Waals surface area contributed by atoms with Crippen LogP contribution < -0.4 is 11.5 Å². The van der Waals surface area contributed by atoms with Crippen molar-refractivity contribution in [3.05, 3.63) is 76.5 Å². The van der Waals surface area contributed by atoms with E-state index in [2.05, 4.69) is 40.0 Å². The minimum atomic E-state index is -0.0169. The highest BCUT2D eigenvalue weighted by Crippen LogP contribution is 2.20. The molecule has 0 aliphatic heterocycles. The molecule has 6 heteroatoms. The topological polar surface area (TPSA) is 93.1 Å². The molecule has 1 heterocycles. The molecule has 0 aliphatic carbocycles. The number of hydrogen-bond acceptors (Lipinski definition) is 4. The van der Waals surface area contributed by atoms with E-state index in [1.54, 1.807) is 30.5 Å². The molecule has 1 aromatic heterocycles. The minimum absolute atomic E-state index is 0.0169. The highest BCUT2D eigenvalue weighted by Gasteiger charge is 2.05. The van der Waals surface area contributed by atoms with Crippen LogP contribution in [0.15, 0.2) is 59.7 Å². The van der Waals surface area contributed by atoms with Crippen molar-refractivity contribution < 1.29 is 0 Å². The molecule has 148 valence electrons. The van der Waals surface area contributed by atoms with Gasteiger partial charge in [0.2, 0.25) is 0 Å². The van der Waals surface area contributed by atoms with Crippen molar-refractivity contribution in [3.63, 3.8) is 0 Å².